The van der Waals surface area contributed by atoms with Crippen LogP contribution in [0.25, 0.3) is 0 Å². The highest BCUT2D eigenvalue weighted by molar-refractivity contribution is 7.86. The number of allylic oxidation sites excluding steroid dienone is 2. The third-order valence-electron chi connectivity index (χ3n) is 6.73. The molecule has 1 aliphatic rings. The first-order valence-electron chi connectivity index (χ1n) is 12.7. The van der Waals surface area contributed by atoms with Gasteiger partial charge in [-0.15, -0.1) is 0 Å². The minimum Gasteiger partial charge on any atom is -0.284 e. The normalized spacial score (nSPS) is 16.7. The van der Waals surface area contributed by atoms with E-state index in [4.69, 9.17) is 4.18 Å². The fraction of sp³-hybridized carbons (Fsp3) is 0.517. The molecule has 2 aromatic carbocycles. The molecule has 1 aliphatic carbocycles. The van der Waals surface area contributed by atoms with Crippen LogP contribution in [-0.4, -0.2) is 14.5 Å². The number of nitrogens with one attached hydrogen (secondary N) is 1. The van der Waals surface area contributed by atoms with E-state index >= 15 is 0 Å². The second-order valence-corrected chi connectivity index (χ2v) is 11.7. The molecule has 0 radical (unpaired) electrons. The largest absolute Gasteiger partial charge is 0.298 e. The number of hydrogen-bond acceptors (Lipinski definition) is 4. The van der Waals surface area contributed by atoms with Gasteiger partial charge in [-0.2, -0.15) is 8.42 Å². The summed E-state index contributed by atoms with van der Waals surface area (Å²) in [7, 11) is -3.93. The van der Waals surface area contributed by atoms with Crippen LogP contribution in [0.4, 0.5) is 0 Å². The van der Waals surface area contributed by atoms with Crippen molar-refractivity contribution in [2.24, 2.45) is 0 Å². The van der Waals surface area contributed by atoms with Gasteiger partial charge in [-0.05, 0) is 77.0 Å². The molecule has 0 amide bonds. The lowest BCUT2D eigenvalue weighted by molar-refractivity contribution is 0.144. The van der Waals surface area contributed by atoms with Crippen molar-refractivity contribution in [3.8, 4) is 0 Å². The lowest BCUT2D eigenvalue weighted by Gasteiger charge is -2.30. The van der Waals surface area contributed by atoms with E-state index in [-0.39, 0.29) is 16.9 Å². The second kappa shape index (κ2) is 12.1. The molecule has 0 heterocycles. The minimum atomic E-state index is -3.93. The summed E-state index contributed by atoms with van der Waals surface area (Å²) in [4.78, 5) is 0.194. The zero-order valence-electron chi connectivity index (χ0n) is 21.4. The first-order valence-corrected chi connectivity index (χ1v) is 14.1. The van der Waals surface area contributed by atoms with Crippen molar-refractivity contribution in [2.45, 2.75) is 103 Å². The lowest BCUT2D eigenvalue weighted by Crippen LogP contribution is -2.37. The zero-order chi connectivity index (χ0) is 24.7. The summed E-state index contributed by atoms with van der Waals surface area (Å²) in [6.45, 7) is 10.5. The number of hydrogen-bond donors (Lipinski definition) is 1. The van der Waals surface area contributed by atoms with Gasteiger partial charge in [0, 0.05) is 11.6 Å². The molecule has 5 heteroatoms. The monoisotopic (exact) mass is 483 g/mol. The highest BCUT2D eigenvalue weighted by atomic mass is 32.2. The topological polar surface area (TPSA) is 55.4 Å². The minimum absolute atomic E-state index is 0.194. The molecule has 0 aliphatic heterocycles. The fourth-order valence-electron chi connectivity index (χ4n) is 4.69. The van der Waals surface area contributed by atoms with E-state index in [1.165, 1.54) is 12.0 Å². The van der Waals surface area contributed by atoms with E-state index in [9.17, 15) is 8.42 Å². The predicted octanol–water partition coefficient (Wildman–Crippen LogP) is 7.48. The quantitative estimate of drug-likeness (QED) is 0.216. The van der Waals surface area contributed by atoms with Gasteiger partial charge in [0.2, 0.25) is 0 Å². The van der Waals surface area contributed by atoms with Gasteiger partial charge in [0.05, 0.1) is 4.90 Å². The van der Waals surface area contributed by atoms with E-state index in [2.05, 4.69) is 50.4 Å². The lowest BCUT2D eigenvalue weighted by atomic mass is 9.89. The SMILES string of the molecule is CC(C)=CCCC(C)c1ccc(C)cc1C(NC1CCCCC1)OS(=O)(=O)c1ccc(C)cc1. The maximum absolute atomic E-state index is 13.3. The molecule has 34 heavy (non-hydrogen) atoms. The van der Waals surface area contributed by atoms with Crippen LogP contribution in [0.5, 0.6) is 0 Å². The summed E-state index contributed by atoms with van der Waals surface area (Å²) in [6, 6.07) is 13.5. The molecule has 186 valence electrons. The molecular formula is C29H41NO3S. The Hall–Kier alpha value is -1.95. The van der Waals surface area contributed by atoms with Crippen molar-refractivity contribution in [3.05, 3.63) is 76.4 Å². The van der Waals surface area contributed by atoms with E-state index < -0.39 is 16.3 Å². The first kappa shape index (κ1) is 26.7. The molecule has 1 saturated carbocycles. The average molecular weight is 484 g/mol. The highest BCUT2D eigenvalue weighted by Gasteiger charge is 2.29. The van der Waals surface area contributed by atoms with Crippen molar-refractivity contribution < 1.29 is 12.6 Å². The van der Waals surface area contributed by atoms with E-state index in [1.807, 2.05) is 26.0 Å². The van der Waals surface area contributed by atoms with Crippen molar-refractivity contribution in [2.75, 3.05) is 0 Å². The molecule has 0 saturated heterocycles. The Morgan fingerprint density at radius 1 is 1.00 bits per heavy atom. The van der Waals surface area contributed by atoms with Crippen LogP contribution in [0.1, 0.15) is 100 Å². The molecule has 0 bridgehead atoms. The molecular weight excluding hydrogens is 442 g/mol. The Morgan fingerprint density at radius 2 is 1.65 bits per heavy atom. The van der Waals surface area contributed by atoms with Gasteiger partial charge >= 0.3 is 0 Å². The van der Waals surface area contributed by atoms with Gasteiger partial charge in [0.25, 0.3) is 10.1 Å². The van der Waals surface area contributed by atoms with Crippen molar-refractivity contribution in [3.63, 3.8) is 0 Å². The second-order valence-electron chi connectivity index (χ2n) is 10.1. The van der Waals surface area contributed by atoms with Crippen molar-refractivity contribution in [1.82, 2.24) is 5.32 Å². The summed E-state index contributed by atoms with van der Waals surface area (Å²) < 4.78 is 32.6. The summed E-state index contributed by atoms with van der Waals surface area (Å²) in [5, 5.41) is 3.59. The summed E-state index contributed by atoms with van der Waals surface area (Å²) >= 11 is 0. The molecule has 4 nitrogen and oxygen atoms in total. The molecule has 3 rings (SSSR count). The molecule has 1 fully saturated rings. The fourth-order valence-corrected chi connectivity index (χ4v) is 5.68. The van der Waals surface area contributed by atoms with Crippen LogP contribution in [0.2, 0.25) is 0 Å². The van der Waals surface area contributed by atoms with Crippen LogP contribution >= 0.6 is 0 Å². The molecule has 0 spiro atoms. The number of benzene rings is 2. The highest BCUT2D eigenvalue weighted by Crippen LogP contribution is 2.33. The Morgan fingerprint density at radius 3 is 2.29 bits per heavy atom. The Labute approximate surface area is 206 Å². The van der Waals surface area contributed by atoms with Crippen LogP contribution < -0.4 is 5.32 Å². The van der Waals surface area contributed by atoms with Crippen LogP contribution in [0.3, 0.4) is 0 Å². The van der Waals surface area contributed by atoms with Gasteiger partial charge in [-0.25, -0.2) is 4.18 Å². The van der Waals surface area contributed by atoms with Crippen LogP contribution in [-0.2, 0) is 14.3 Å². The Balaban J connectivity index is 1.95. The average Bonchev–Trinajstić information content (AvgIpc) is 2.79. The van der Waals surface area contributed by atoms with E-state index in [1.54, 1.807) is 12.1 Å². The predicted molar refractivity (Wildman–Crippen MR) is 140 cm³/mol. The zero-order valence-corrected chi connectivity index (χ0v) is 22.3. The summed E-state index contributed by atoms with van der Waals surface area (Å²) in [6.07, 6.45) is 9.20. The van der Waals surface area contributed by atoms with Crippen molar-refractivity contribution in [1.29, 1.82) is 0 Å². The number of aryl methyl sites for hydroxylation is 2. The van der Waals surface area contributed by atoms with Gasteiger partial charge in [-0.1, -0.05) is 79.3 Å². The Kier molecular flexibility index (Phi) is 9.52. The third kappa shape index (κ3) is 7.53. The third-order valence-corrected chi connectivity index (χ3v) is 8.03. The molecule has 0 aromatic heterocycles. The summed E-state index contributed by atoms with van der Waals surface area (Å²) in [5.74, 6) is 0.285. The maximum Gasteiger partial charge on any atom is 0.298 e. The molecule has 2 aromatic rings. The van der Waals surface area contributed by atoms with Crippen LogP contribution in [0, 0.1) is 13.8 Å². The van der Waals surface area contributed by atoms with Gasteiger partial charge in [0.1, 0.15) is 0 Å². The van der Waals surface area contributed by atoms with Gasteiger partial charge in [-0.3, -0.25) is 5.32 Å². The van der Waals surface area contributed by atoms with E-state index in [0.29, 0.717) is 0 Å². The molecule has 2 atom stereocenters. The van der Waals surface area contributed by atoms with E-state index in [0.717, 1.165) is 60.8 Å². The van der Waals surface area contributed by atoms with Gasteiger partial charge < -0.3 is 0 Å². The Bertz CT molecular complexity index is 1060. The maximum atomic E-state index is 13.3. The van der Waals surface area contributed by atoms with Gasteiger partial charge in [0.15, 0.2) is 6.23 Å². The molecule has 1 N–H and O–H groups in total. The summed E-state index contributed by atoms with van der Waals surface area (Å²) in [5.41, 5.74) is 5.52. The number of rotatable bonds is 10. The van der Waals surface area contributed by atoms with Crippen molar-refractivity contribution >= 4 is 10.1 Å². The standard InChI is InChI=1S/C29H41NO3S/c1-21(2)10-9-11-24(5)27-19-16-23(4)20-28(27)29(30-25-12-7-6-8-13-25)33-34(31,32)26-17-14-22(3)15-18-26/h10,14-20,24-25,29-30H,6-9,11-13H2,1-5H3. The smallest absolute Gasteiger partial charge is 0.284 e. The first-order chi connectivity index (χ1) is 16.2. The van der Waals surface area contributed by atoms with Crippen LogP contribution in [0.15, 0.2) is 59.0 Å². The molecule has 2 unspecified atom stereocenters.